The molecule has 0 radical (unpaired) electrons. The number of thiophene rings is 1. The zero-order valence-electron chi connectivity index (χ0n) is 10.9. The van der Waals surface area contributed by atoms with Crippen LogP contribution in [0.4, 0.5) is 0 Å². The molecule has 0 spiro atoms. The highest BCUT2D eigenvalue weighted by Crippen LogP contribution is 2.19. The lowest BCUT2D eigenvalue weighted by molar-refractivity contribution is 0.583. The van der Waals surface area contributed by atoms with Crippen molar-refractivity contribution in [3.05, 3.63) is 16.3 Å². The molecule has 1 aromatic rings. The molecule has 0 aliphatic rings. The van der Waals surface area contributed by atoms with Gasteiger partial charge >= 0.3 is 0 Å². The van der Waals surface area contributed by atoms with E-state index >= 15 is 0 Å². The van der Waals surface area contributed by atoms with Crippen molar-refractivity contribution < 1.29 is 8.42 Å². The monoisotopic (exact) mass is 308 g/mol. The summed E-state index contributed by atoms with van der Waals surface area (Å²) in [5, 5.41) is 4.96. The average molecular weight is 308 g/mol. The maximum absolute atomic E-state index is 11.9. The van der Waals surface area contributed by atoms with Gasteiger partial charge in [0.1, 0.15) is 0 Å². The smallest absolute Gasteiger partial charge is 0.241 e. The van der Waals surface area contributed by atoms with E-state index in [0.717, 1.165) is 10.6 Å². The van der Waals surface area contributed by atoms with Crippen molar-refractivity contribution in [2.45, 2.75) is 31.3 Å². The fraction of sp³-hybridized carbons (Fsp3) is 0.636. The Morgan fingerprint density at radius 1 is 1.44 bits per heavy atom. The number of nitrogens with one attached hydrogen (secondary N) is 2. The Balaban J connectivity index is 2.60. The molecule has 0 saturated carbocycles. The lowest BCUT2D eigenvalue weighted by atomic mass is 10.4. The SMILES string of the molecule is CSCCNS(=O)(=O)c1csc(CNC(C)C)c1. The number of sulfonamides is 1. The van der Waals surface area contributed by atoms with Crippen LogP contribution in [0, 0.1) is 0 Å². The van der Waals surface area contributed by atoms with Crippen LogP contribution in [0.2, 0.25) is 0 Å². The second-order valence-electron chi connectivity index (χ2n) is 4.17. The summed E-state index contributed by atoms with van der Waals surface area (Å²) >= 11 is 3.09. The molecule has 104 valence electrons. The Morgan fingerprint density at radius 2 is 2.17 bits per heavy atom. The highest BCUT2D eigenvalue weighted by molar-refractivity contribution is 7.98. The molecule has 7 heteroatoms. The zero-order valence-corrected chi connectivity index (χ0v) is 13.3. The third-order valence-electron chi connectivity index (χ3n) is 2.22. The van der Waals surface area contributed by atoms with Gasteiger partial charge in [-0.2, -0.15) is 11.8 Å². The van der Waals surface area contributed by atoms with E-state index in [1.54, 1.807) is 23.2 Å². The number of thioether (sulfide) groups is 1. The van der Waals surface area contributed by atoms with Crippen LogP contribution in [0.5, 0.6) is 0 Å². The van der Waals surface area contributed by atoms with Gasteiger partial charge in [-0.25, -0.2) is 13.1 Å². The molecular formula is C11H20N2O2S3. The molecule has 0 aliphatic carbocycles. The molecule has 0 saturated heterocycles. The van der Waals surface area contributed by atoms with Gasteiger partial charge in [-0.1, -0.05) is 13.8 Å². The van der Waals surface area contributed by atoms with Crippen LogP contribution in [0.1, 0.15) is 18.7 Å². The first-order valence-corrected chi connectivity index (χ1v) is 9.51. The Morgan fingerprint density at radius 3 is 2.78 bits per heavy atom. The predicted molar refractivity (Wildman–Crippen MR) is 79.9 cm³/mol. The van der Waals surface area contributed by atoms with Gasteiger partial charge in [0.15, 0.2) is 0 Å². The first kappa shape index (κ1) is 16.0. The van der Waals surface area contributed by atoms with E-state index in [2.05, 4.69) is 23.9 Å². The summed E-state index contributed by atoms with van der Waals surface area (Å²) in [6, 6.07) is 2.13. The third-order valence-corrected chi connectivity index (χ3v) is 5.36. The van der Waals surface area contributed by atoms with E-state index in [1.165, 1.54) is 11.3 Å². The van der Waals surface area contributed by atoms with Crippen LogP contribution in [-0.4, -0.2) is 33.0 Å². The zero-order chi connectivity index (χ0) is 13.6. The van der Waals surface area contributed by atoms with Crippen LogP contribution >= 0.6 is 23.1 Å². The number of rotatable bonds is 8. The van der Waals surface area contributed by atoms with Gasteiger partial charge in [0.05, 0.1) is 4.90 Å². The lowest BCUT2D eigenvalue weighted by Gasteiger charge is -2.05. The first-order chi connectivity index (χ1) is 8.45. The maximum atomic E-state index is 11.9. The number of hydrogen-bond donors (Lipinski definition) is 2. The second-order valence-corrected chi connectivity index (χ2v) is 7.92. The fourth-order valence-corrected chi connectivity index (χ4v) is 3.95. The topological polar surface area (TPSA) is 58.2 Å². The van der Waals surface area contributed by atoms with Gasteiger partial charge in [0.25, 0.3) is 0 Å². The van der Waals surface area contributed by atoms with E-state index in [0.29, 0.717) is 24.0 Å². The largest absolute Gasteiger partial charge is 0.310 e. The Kier molecular flexibility index (Phi) is 6.65. The molecule has 1 aromatic heterocycles. The number of hydrogen-bond acceptors (Lipinski definition) is 5. The third kappa shape index (κ3) is 5.27. The van der Waals surface area contributed by atoms with Crippen molar-refractivity contribution in [2.75, 3.05) is 18.6 Å². The molecule has 18 heavy (non-hydrogen) atoms. The summed E-state index contributed by atoms with van der Waals surface area (Å²) in [5.41, 5.74) is 0. The fourth-order valence-electron chi connectivity index (χ4n) is 1.26. The van der Waals surface area contributed by atoms with Gasteiger partial charge in [0.2, 0.25) is 10.0 Å². The van der Waals surface area contributed by atoms with Gasteiger partial charge in [-0.3, -0.25) is 0 Å². The predicted octanol–water partition coefficient (Wildman–Crippen LogP) is 1.89. The average Bonchev–Trinajstić information content (AvgIpc) is 2.76. The van der Waals surface area contributed by atoms with Crippen LogP contribution in [0.25, 0.3) is 0 Å². The summed E-state index contributed by atoms with van der Waals surface area (Å²) in [6.07, 6.45) is 1.95. The molecule has 0 aromatic carbocycles. The Hall–Kier alpha value is -0.0800. The Bertz CT molecular complexity index is 455. The molecule has 0 amide bonds. The van der Waals surface area contributed by atoms with E-state index in [9.17, 15) is 8.42 Å². The minimum atomic E-state index is -3.33. The van der Waals surface area contributed by atoms with Crippen molar-refractivity contribution in [3.8, 4) is 0 Å². The van der Waals surface area contributed by atoms with Gasteiger partial charge in [-0.15, -0.1) is 11.3 Å². The van der Waals surface area contributed by atoms with E-state index in [-0.39, 0.29) is 0 Å². The standard InChI is InChI=1S/C11H20N2O2S3/c1-9(2)12-7-10-6-11(8-17-10)18(14,15)13-4-5-16-3/h6,8-9,12-13H,4-5,7H2,1-3H3. The first-order valence-electron chi connectivity index (χ1n) is 5.75. The molecule has 2 N–H and O–H groups in total. The quantitative estimate of drug-likeness (QED) is 0.720. The van der Waals surface area contributed by atoms with Crippen molar-refractivity contribution in [1.82, 2.24) is 10.0 Å². The maximum Gasteiger partial charge on any atom is 0.241 e. The highest BCUT2D eigenvalue weighted by atomic mass is 32.2. The van der Waals surface area contributed by atoms with Crippen LogP contribution in [0.3, 0.4) is 0 Å². The summed E-state index contributed by atoms with van der Waals surface area (Å²) in [5.74, 6) is 0.783. The summed E-state index contributed by atoms with van der Waals surface area (Å²) < 4.78 is 26.4. The minimum absolute atomic E-state index is 0.370. The molecule has 0 bridgehead atoms. The summed E-state index contributed by atoms with van der Waals surface area (Å²) in [6.45, 7) is 5.31. The van der Waals surface area contributed by atoms with Crippen LogP contribution < -0.4 is 10.0 Å². The highest BCUT2D eigenvalue weighted by Gasteiger charge is 2.15. The van der Waals surface area contributed by atoms with Crippen molar-refractivity contribution in [3.63, 3.8) is 0 Å². The molecule has 0 unspecified atom stereocenters. The summed E-state index contributed by atoms with van der Waals surface area (Å²) in [7, 11) is -3.33. The second kappa shape index (κ2) is 7.49. The lowest BCUT2D eigenvalue weighted by Crippen LogP contribution is -2.25. The summed E-state index contributed by atoms with van der Waals surface area (Å²) in [4.78, 5) is 1.41. The van der Waals surface area contributed by atoms with Gasteiger partial charge in [0, 0.05) is 35.1 Å². The van der Waals surface area contributed by atoms with Gasteiger partial charge < -0.3 is 5.32 Å². The normalized spacial score (nSPS) is 12.2. The molecule has 1 heterocycles. The van der Waals surface area contributed by atoms with Crippen molar-refractivity contribution in [1.29, 1.82) is 0 Å². The van der Waals surface area contributed by atoms with E-state index in [4.69, 9.17) is 0 Å². The molecule has 4 nitrogen and oxygen atoms in total. The molecular weight excluding hydrogens is 288 g/mol. The van der Waals surface area contributed by atoms with Crippen LogP contribution in [0.15, 0.2) is 16.3 Å². The van der Waals surface area contributed by atoms with Crippen molar-refractivity contribution >= 4 is 33.1 Å². The van der Waals surface area contributed by atoms with E-state index < -0.39 is 10.0 Å². The molecule has 0 fully saturated rings. The molecule has 1 rings (SSSR count). The molecule has 0 aliphatic heterocycles. The molecule has 0 atom stereocenters. The van der Waals surface area contributed by atoms with Gasteiger partial charge in [-0.05, 0) is 12.3 Å². The Labute approximate surface area is 118 Å². The van der Waals surface area contributed by atoms with Crippen LogP contribution in [-0.2, 0) is 16.6 Å². The minimum Gasteiger partial charge on any atom is -0.310 e. The van der Waals surface area contributed by atoms with E-state index in [1.807, 2.05) is 6.26 Å². The van der Waals surface area contributed by atoms with Crippen molar-refractivity contribution in [2.24, 2.45) is 0 Å².